The Morgan fingerprint density at radius 2 is 1.92 bits per heavy atom. The van der Waals surface area contributed by atoms with Gasteiger partial charge < -0.3 is 25.2 Å². The number of nitrogens with zero attached hydrogens (tertiary/aromatic N) is 4. The van der Waals surface area contributed by atoms with Crippen LogP contribution in [0.3, 0.4) is 0 Å². The van der Waals surface area contributed by atoms with Gasteiger partial charge in [-0.05, 0) is 61.5 Å². The van der Waals surface area contributed by atoms with E-state index in [0.717, 1.165) is 0 Å². The second kappa shape index (κ2) is 9.41. The van der Waals surface area contributed by atoms with E-state index in [9.17, 15) is 9.90 Å². The molecule has 1 amide bonds. The number of carbonyl (C=O) groups excluding carboxylic acids is 1. The second-order valence-corrected chi connectivity index (χ2v) is 8.12. The molecule has 4 aromatic rings. The molecule has 182 valence electrons. The van der Waals surface area contributed by atoms with Crippen LogP contribution in [0, 0.1) is 0 Å². The summed E-state index contributed by atoms with van der Waals surface area (Å²) in [6, 6.07) is 14.8. The maximum absolute atomic E-state index is 13.6. The van der Waals surface area contributed by atoms with Gasteiger partial charge in [-0.3, -0.25) is 9.78 Å². The number of methoxy groups -OCH3 is 2. The van der Waals surface area contributed by atoms with Crippen LogP contribution in [0.5, 0.6) is 17.2 Å². The fourth-order valence-electron chi connectivity index (χ4n) is 4.15. The highest BCUT2D eigenvalue weighted by Crippen LogP contribution is 2.41. The van der Waals surface area contributed by atoms with E-state index in [1.54, 1.807) is 79.8 Å². The van der Waals surface area contributed by atoms with Gasteiger partial charge >= 0.3 is 0 Å². The number of ether oxygens (including phenoxy) is 2. The molecule has 10 nitrogen and oxygen atoms in total. The van der Waals surface area contributed by atoms with E-state index in [1.807, 2.05) is 13.0 Å². The van der Waals surface area contributed by atoms with Crippen LogP contribution in [0.15, 0.2) is 78.3 Å². The van der Waals surface area contributed by atoms with Gasteiger partial charge in [0.1, 0.15) is 23.3 Å². The smallest absolute Gasteiger partial charge is 0.255 e. The summed E-state index contributed by atoms with van der Waals surface area (Å²) in [6.45, 7) is 1.82. The molecule has 1 aliphatic heterocycles. The summed E-state index contributed by atoms with van der Waals surface area (Å²) in [7, 11) is 3.15. The Bertz CT molecular complexity index is 1450. The topological polar surface area (TPSA) is 123 Å². The lowest BCUT2D eigenvalue weighted by atomic mass is 9.94. The van der Waals surface area contributed by atoms with Crippen molar-refractivity contribution in [2.45, 2.75) is 13.0 Å². The second-order valence-electron chi connectivity index (χ2n) is 8.12. The number of carbonyl (C=O) groups is 1. The van der Waals surface area contributed by atoms with Crippen molar-refractivity contribution in [3.8, 4) is 28.6 Å². The Kier molecular flexibility index (Phi) is 5.99. The number of pyridine rings is 1. The first-order valence-electron chi connectivity index (χ1n) is 11.2. The number of amides is 1. The van der Waals surface area contributed by atoms with Crippen molar-refractivity contribution in [2.75, 3.05) is 24.9 Å². The molecule has 3 N–H and O–H groups in total. The van der Waals surface area contributed by atoms with Crippen molar-refractivity contribution >= 4 is 17.5 Å². The molecule has 36 heavy (non-hydrogen) atoms. The summed E-state index contributed by atoms with van der Waals surface area (Å²) in [6.07, 6.45) is 3.22. The number of nitrogens with one attached hydrogen (secondary N) is 2. The fourth-order valence-corrected chi connectivity index (χ4v) is 4.15. The standard InChI is InChI=1S/C26H24N6O4/c1-15-22(25(34)29-17-5-4-12-27-14-17)23(20-13-19(35-2)10-11-21(20)36-3)32-26(28-15)30-24(31-32)16-6-8-18(33)9-7-16/h4-14,23,33H,1-3H3,(H,29,34)(H,28,30,31). The molecule has 0 aliphatic carbocycles. The summed E-state index contributed by atoms with van der Waals surface area (Å²) in [5.41, 5.74) is 3.00. The maximum Gasteiger partial charge on any atom is 0.255 e. The zero-order valence-electron chi connectivity index (χ0n) is 19.9. The number of benzene rings is 2. The van der Waals surface area contributed by atoms with Gasteiger partial charge in [-0.15, -0.1) is 5.10 Å². The van der Waals surface area contributed by atoms with Gasteiger partial charge in [-0.25, -0.2) is 4.68 Å². The van der Waals surface area contributed by atoms with Crippen molar-refractivity contribution < 1.29 is 19.4 Å². The molecule has 1 unspecified atom stereocenters. The van der Waals surface area contributed by atoms with Crippen molar-refractivity contribution in [1.82, 2.24) is 19.7 Å². The van der Waals surface area contributed by atoms with Crippen molar-refractivity contribution in [3.63, 3.8) is 0 Å². The molecule has 0 spiro atoms. The van der Waals surface area contributed by atoms with Crippen LogP contribution in [0.4, 0.5) is 11.6 Å². The van der Waals surface area contributed by atoms with E-state index in [4.69, 9.17) is 14.6 Å². The van der Waals surface area contributed by atoms with E-state index in [0.29, 0.717) is 51.4 Å². The van der Waals surface area contributed by atoms with Gasteiger partial charge in [0, 0.05) is 23.0 Å². The third-order valence-corrected chi connectivity index (χ3v) is 5.87. The number of phenols is 1. The Hall–Kier alpha value is -4.86. The number of hydrogen-bond donors (Lipinski definition) is 3. The van der Waals surface area contributed by atoms with Gasteiger partial charge in [0.25, 0.3) is 5.91 Å². The Morgan fingerprint density at radius 3 is 2.61 bits per heavy atom. The van der Waals surface area contributed by atoms with E-state index in [1.165, 1.54) is 0 Å². The predicted molar refractivity (Wildman–Crippen MR) is 134 cm³/mol. The lowest BCUT2D eigenvalue weighted by Crippen LogP contribution is -2.31. The minimum Gasteiger partial charge on any atom is -0.508 e. The maximum atomic E-state index is 13.6. The molecular formula is C26H24N6O4. The van der Waals surface area contributed by atoms with E-state index >= 15 is 0 Å². The minimum atomic E-state index is -0.679. The average Bonchev–Trinajstić information content (AvgIpc) is 3.32. The highest BCUT2D eigenvalue weighted by molar-refractivity contribution is 6.06. The number of fused-ring (bicyclic) bond motifs is 1. The monoisotopic (exact) mass is 484 g/mol. The molecular weight excluding hydrogens is 460 g/mol. The molecule has 0 saturated heterocycles. The number of phenolic OH excluding ortho intramolecular Hbond substituents is 1. The molecule has 2 aromatic heterocycles. The molecule has 10 heteroatoms. The van der Waals surface area contributed by atoms with E-state index in [-0.39, 0.29) is 11.7 Å². The van der Waals surface area contributed by atoms with Crippen LogP contribution < -0.4 is 20.1 Å². The van der Waals surface area contributed by atoms with Crippen LogP contribution in [0.25, 0.3) is 11.4 Å². The number of anilines is 2. The molecule has 0 saturated carbocycles. The van der Waals surface area contributed by atoms with Crippen molar-refractivity contribution in [3.05, 3.63) is 83.8 Å². The molecule has 3 heterocycles. The number of rotatable bonds is 6. The molecule has 0 radical (unpaired) electrons. The van der Waals surface area contributed by atoms with Gasteiger partial charge in [0.2, 0.25) is 5.95 Å². The normalized spacial score (nSPS) is 14.6. The minimum absolute atomic E-state index is 0.145. The Labute approximate surface area is 207 Å². The van der Waals surface area contributed by atoms with Crippen LogP contribution in [-0.2, 0) is 4.79 Å². The van der Waals surface area contributed by atoms with Crippen molar-refractivity contribution in [2.24, 2.45) is 0 Å². The van der Waals surface area contributed by atoms with Crippen LogP contribution in [0.1, 0.15) is 18.5 Å². The highest BCUT2D eigenvalue weighted by atomic mass is 16.5. The first kappa shape index (κ1) is 22.9. The summed E-state index contributed by atoms with van der Waals surface area (Å²) in [5, 5.41) is 20.6. The first-order valence-corrected chi connectivity index (χ1v) is 11.2. The molecule has 1 aliphatic rings. The summed E-state index contributed by atoms with van der Waals surface area (Å²) in [5.74, 6) is 1.89. The lowest BCUT2D eigenvalue weighted by Gasteiger charge is -2.29. The number of hydrogen-bond acceptors (Lipinski definition) is 8. The molecule has 0 fully saturated rings. The third kappa shape index (κ3) is 4.20. The summed E-state index contributed by atoms with van der Waals surface area (Å²) >= 11 is 0. The average molecular weight is 485 g/mol. The van der Waals surface area contributed by atoms with Crippen LogP contribution in [-0.4, -0.2) is 45.0 Å². The van der Waals surface area contributed by atoms with Gasteiger partial charge in [0.15, 0.2) is 5.82 Å². The fraction of sp³-hybridized carbons (Fsp3) is 0.154. The molecule has 0 bridgehead atoms. The van der Waals surface area contributed by atoms with Crippen LogP contribution in [0.2, 0.25) is 0 Å². The van der Waals surface area contributed by atoms with E-state index < -0.39 is 6.04 Å². The van der Waals surface area contributed by atoms with Gasteiger partial charge in [-0.1, -0.05) is 0 Å². The molecule has 2 aromatic carbocycles. The number of aromatic nitrogens is 4. The Morgan fingerprint density at radius 1 is 1.11 bits per heavy atom. The van der Waals surface area contributed by atoms with Gasteiger partial charge in [0.05, 0.1) is 31.7 Å². The molecule has 5 rings (SSSR count). The Balaban J connectivity index is 1.66. The predicted octanol–water partition coefficient (Wildman–Crippen LogP) is 3.99. The summed E-state index contributed by atoms with van der Waals surface area (Å²) < 4.78 is 12.8. The number of allylic oxidation sites excluding steroid dienone is 1. The largest absolute Gasteiger partial charge is 0.508 e. The zero-order chi connectivity index (χ0) is 25.2. The van der Waals surface area contributed by atoms with E-state index in [2.05, 4.69) is 20.6 Å². The third-order valence-electron chi connectivity index (χ3n) is 5.87. The quantitative estimate of drug-likeness (QED) is 0.375. The highest BCUT2D eigenvalue weighted by Gasteiger charge is 2.36. The number of aromatic hydroxyl groups is 1. The summed E-state index contributed by atoms with van der Waals surface area (Å²) in [4.78, 5) is 22.4. The lowest BCUT2D eigenvalue weighted by molar-refractivity contribution is -0.113. The first-order chi connectivity index (χ1) is 17.5. The van der Waals surface area contributed by atoms with Crippen LogP contribution >= 0.6 is 0 Å². The zero-order valence-corrected chi connectivity index (χ0v) is 19.9. The molecule has 1 atom stereocenters. The SMILES string of the molecule is COc1ccc(OC)c(C2C(C(=O)Nc3cccnc3)=C(C)Nc3nc(-c4ccc(O)cc4)nn32)c1. The van der Waals surface area contributed by atoms with Gasteiger partial charge in [-0.2, -0.15) is 4.98 Å². The van der Waals surface area contributed by atoms with Crippen molar-refractivity contribution in [1.29, 1.82) is 0 Å².